The van der Waals surface area contributed by atoms with Crippen molar-refractivity contribution in [2.45, 2.75) is 13.8 Å². The molecule has 2 rings (SSSR count). The summed E-state index contributed by atoms with van der Waals surface area (Å²) in [4.78, 5) is 15.2. The van der Waals surface area contributed by atoms with Crippen molar-refractivity contribution in [1.29, 1.82) is 0 Å². The van der Waals surface area contributed by atoms with Gasteiger partial charge in [0.25, 0.3) is 0 Å². The molecule has 1 aromatic heterocycles. The maximum atomic E-state index is 11.2. The Hall–Kier alpha value is -1.87. The van der Waals surface area contributed by atoms with Crippen LogP contribution < -0.4 is 0 Å². The van der Waals surface area contributed by atoms with Gasteiger partial charge in [-0.05, 0) is 25.5 Å². The quantitative estimate of drug-likeness (QED) is 0.839. The van der Waals surface area contributed by atoms with Gasteiger partial charge in [0.1, 0.15) is 5.15 Å². The van der Waals surface area contributed by atoms with Crippen molar-refractivity contribution in [3.63, 3.8) is 0 Å². The van der Waals surface area contributed by atoms with Crippen molar-refractivity contribution in [1.82, 2.24) is 4.98 Å². The smallest absolute Gasteiger partial charge is 0.336 e. The average Bonchev–Trinajstić information content (AvgIpc) is 2.27. The summed E-state index contributed by atoms with van der Waals surface area (Å²) in [7, 11) is 0. The third kappa shape index (κ3) is 2.51. The van der Waals surface area contributed by atoms with Gasteiger partial charge in [0, 0.05) is 11.8 Å². The molecule has 2 aromatic rings. The van der Waals surface area contributed by atoms with E-state index >= 15 is 0 Å². The van der Waals surface area contributed by atoms with Crippen molar-refractivity contribution in [2.75, 3.05) is 0 Å². The van der Waals surface area contributed by atoms with E-state index in [1.807, 2.05) is 32.0 Å². The fraction of sp³-hybridized carbons (Fsp3) is 0.143. The molecule has 0 aliphatic carbocycles. The molecule has 0 saturated heterocycles. The zero-order valence-electron chi connectivity index (χ0n) is 10.1. The number of hydrogen-bond acceptors (Lipinski definition) is 2. The second-order valence-corrected chi connectivity index (χ2v) is 4.62. The number of carboxylic acid groups (broad SMARTS) is 1. The van der Waals surface area contributed by atoms with E-state index in [1.165, 1.54) is 12.3 Å². The SMILES string of the molecule is Cc1cc(C)cc(-c2cnc(Cl)cc2C(=O)O)c1. The lowest BCUT2D eigenvalue weighted by atomic mass is 9.98. The molecular weight excluding hydrogens is 250 g/mol. The molecule has 0 radical (unpaired) electrons. The van der Waals surface area contributed by atoms with Crippen molar-refractivity contribution in [3.8, 4) is 11.1 Å². The van der Waals surface area contributed by atoms with Gasteiger partial charge in [0.15, 0.2) is 0 Å². The van der Waals surface area contributed by atoms with E-state index in [0.717, 1.165) is 16.7 Å². The predicted octanol–water partition coefficient (Wildman–Crippen LogP) is 3.72. The Morgan fingerprint density at radius 2 is 1.78 bits per heavy atom. The van der Waals surface area contributed by atoms with Gasteiger partial charge in [0.05, 0.1) is 5.56 Å². The zero-order valence-corrected chi connectivity index (χ0v) is 10.8. The normalized spacial score (nSPS) is 10.4. The Morgan fingerprint density at radius 3 is 2.33 bits per heavy atom. The lowest BCUT2D eigenvalue weighted by Crippen LogP contribution is -2.01. The summed E-state index contributed by atoms with van der Waals surface area (Å²) in [6, 6.07) is 7.28. The number of aromatic carboxylic acids is 1. The highest BCUT2D eigenvalue weighted by atomic mass is 35.5. The molecule has 0 unspecified atom stereocenters. The third-order valence-corrected chi connectivity index (χ3v) is 2.84. The van der Waals surface area contributed by atoms with Crippen LogP contribution in [0.1, 0.15) is 21.5 Å². The maximum absolute atomic E-state index is 11.2. The summed E-state index contributed by atoms with van der Waals surface area (Å²) in [5.74, 6) is -1.01. The summed E-state index contributed by atoms with van der Waals surface area (Å²) in [6.45, 7) is 3.95. The number of pyridine rings is 1. The maximum Gasteiger partial charge on any atom is 0.336 e. The minimum absolute atomic E-state index is 0.167. The van der Waals surface area contributed by atoms with Gasteiger partial charge < -0.3 is 5.11 Å². The van der Waals surface area contributed by atoms with Crippen LogP contribution in [0.25, 0.3) is 11.1 Å². The largest absolute Gasteiger partial charge is 0.478 e. The van der Waals surface area contributed by atoms with Crippen LogP contribution >= 0.6 is 11.6 Å². The molecule has 3 nitrogen and oxygen atoms in total. The predicted molar refractivity (Wildman–Crippen MR) is 71.1 cm³/mol. The average molecular weight is 262 g/mol. The van der Waals surface area contributed by atoms with Crippen LogP contribution in [0, 0.1) is 13.8 Å². The first-order valence-electron chi connectivity index (χ1n) is 5.45. The van der Waals surface area contributed by atoms with Crippen molar-refractivity contribution >= 4 is 17.6 Å². The molecule has 1 heterocycles. The van der Waals surface area contributed by atoms with Crippen LogP contribution in [0.4, 0.5) is 0 Å². The minimum Gasteiger partial charge on any atom is -0.478 e. The van der Waals surface area contributed by atoms with Crippen LogP contribution in [-0.4, -0.2) is 16.1 Å². The van der Waals surface area contributed by atoms with Crippen LogP contribution in [0.2, 0.25) is 5.15 Å². The molecule has 0 bridgehead atoms. The molecule has 0 atom stereocenters. The van der Waals surface area contributed by atoms with Crippen LogP contribution in [0.3, 0.4) is 0 Å². The highest BCUT2D eigenvalue weighted by Crippen LogP contribution is 2.26. The second kappa shape index (κ2) is 4.78. The molecule has 0 aliphatic rings. The monoisotopic (exact) mass is 261 g/mol. The van der Waals surface area contributed by atoms with Crippen molar-refractivity contribution in [3.05, 3.63) is 52.3 Å². The molecular formula is C14H12ClNO2. The van der Waals surface area contributed by atoms with Gasteiger partial charge in [-0.3, -0.25) is 0 Å². The summed E-state index contributed by atoms with van der Waals surface area (Å²) in [5.41, 5.74) is 3.75. The first-order chi connectivity index (χ1) is 8.47. The van der Waals surface area contributed by atoms with E-state index in [4.69, 9.17) is 11.6 Å². The fourth-order valence-electron chi connectivity index (χ4n) is 1.97. The highest BCUT2D eigenvalue weighted by Gasteiger charge is 2.13. The number of nitrogens with zero attached hydrogens (tertiary/aromatic N) is 1. The lowest BCUT2D eigenvalue weighted by molar-refractivity contribution is 0.0697. The fourth-order valence-corrected chi connectivity index (χ4v) is 2.12. The van der Waals surface area contributed by atoms with Crippen LogP contribution in [-0.2, 0) is 0 Å². The number of rotatable bonds is 2. The Kier molecular flexibility index (Phi) is 3.34. The highest BCUT2D eigenvalue weighted by molar-refractivity contribution is 6.29. The molecule has 0 fully saturated rings. The number of hydrogen-bond donors (Lipinski definition) is 1. The van der Waals surface area contributed by atoms with Gasteiger partial charge in [0.2, 0.25) is 0 Å². The van der Waals surface area contributed by atoms with Gasteiger partial charge in [-0.15, -0.1) is 0 Å². The molecule has 0 spiro atoms. The van der Waals surface area contributed by atoms with E-state index in [2.05, 4.69) is 4.98 Å². The Labute approximate surface area is 110 Å². The second-order valence-electron chi connectivity index (χ2n) is 4.23. The Balaban J connectivity index is 2.66. The summed E-state index contributed by atoms with van der Waals surface area (Å²) < 4.78 is 0. The molecule has 1 N–H and O–H groups in total. The van der Waals surface area contributed by atoms with Crippen LogP contribution in [0.5, 0.6) is 0 Å². The topological polar surface area (TPSA) is 50.2 Å². The number of aromatic nitrogens is 1. The lowest BCUT2D eigenvalue weighted by Gasteiger charge is -2.08. The van der Waals surface area contributed by atoms with E-state index in [-0.39, 0.29) is 10.7 Å². The third-order valence-electron chi connectivity index (χ3n) is 2.63. The van der Waals surface area contributed by atoms with Gasteiger partial charge in [-0.1, -0.05) is 40.9 Å². The number of aryl methyl sites for hydroxylation is 2. The molecule has 0 saturated carbocycles. The molecule has 0 amide bonds. The van der Waals surface area contributed by atoms with E-state index in [9.17, 15) is 9.90 Å². The van der Waals surface area contributed by atoms with Gasteiger partial charge in [-0.25, -0.2) is 9.78 Å². The molecule has 4 heteroatoms. The molecule has 18 heavy (non-hydrogen) atoms. The molecule has 1 aromatic carbocycles. The number of carbonyl (C=O) groups is 1. The Bertz CT molecular complexity index is 603. The first kappa shape index (κ1) is 12.6. The van der Waals surface area contributed by atoms with Crippen molar-refractivity contribution in [2.24, 2.45) is 0 Å². The van der Waals surface area contributed by atoms with Gasteiger partial charge >= 0.3 is 5.97 Å². The molecule has 0 aliphatic heterocycles. The molecule has 92 valence electrons. The number of carboxylic acids is 1. The van der Waals surface area contributed by atoms with E-state index in [0.29, 0.717) is 5.56 Å². The van der Waals surface area contributed by atoms with E-state index < -0.39 is 5.97 Å². The van der Waals surface area contributed by atoms with E-state index in [1.54, 1.807) is 0 Å². The first-order valence-corrected chi connectivity index (χ1v) is 5.82. The standard InChI is InChI=1S/C14H12ClNO2/c1-8-3-9(2)5-10(4-8)12-7-16-13(15)6-11(12)14(17)18/h3-7H,1-2H3,(H,17,18). The number of benzene rings is 1. The zero-order chi connectivity index (χ0) is 13.3. The number of halogens is 1. The van der Waals surface area contributed by atoms with Crippen molar-refractivity contribution < 1.29 is 9.90 Å². The summed E-state index contributed by atoms with van der Waals surface area (Å²) >= 11 is 5.74. The van der Waals surface area contributed by atoms with Gasteiger partial charge in [-0.2, -0.15) is 0 Å². The Morgan fingerprint density at radius 1 is 1.17 bits per heavy atom. The van der Waals surface area contributed by atoms with Crippen LogP contribution in [0.15, 0.2) is 30.5 Å². The summed E-state index contributed by atoms with van der Waals surface area (Å²) in [6.07, 6.45) is 1.50. The minimum atomic E-state index is -1.01. The summed E-state index contributed by atoms with van der Waals surface area (Å²) in [5, 5.41) is 9.38.